The number of aromatic nitrogens is 1. The number of methoxy groups -OCH3 is 1. The predicted molar refractivity (Wildman–Crippen MR) is 150 cm³/mol. The number of rotatable bonds is 7. The van der Waals surface area contributed by atoms with Crippen LogP contribution in [0.25, 0.3) is 11.1 Å². The minimum Gasteiger partial charge on any atom is -0.497 e. The standard InChI is InChI=1S/C28H28N4O3S2/c1-34-21-9-10-23(19-6-3-2-4-7-19)24(16-21)30-26(33)25-18-37-27(31-25)20-11-13-32(14-12-20)28(36)29-17-22-8-5-15-35-22/h2-10,15-16,18,20H,11-14,17H2,1H3,(H,29,36)(H,30,33). The molecule has 0 unspecified atom stereocenters. The number of benzene rings is 2. The minimum atomic E-state index is -0.228. The van der Waals surface area contributed by atoms with Gasteiger partial charge in [0.1, 0.15) is 17.2 Å². The molecule has 0 bridgehead atoms. The molecule has 190 valence electrons. The third-order valence-electron chi connectivity index (χ3n) is 6.44. The summed E-state index contributed by atoms with van der Waals surface area (Å²) in [7, 11) is 1.61. The maximum Gasteiger partial charge on any atom is 0.275 e. The molecular weight excluding hydrogens is 504 g/mol. The Morgan fingerprint density at radius 2 is 1.97 bits per heavy atom. The Balaban J connectivity index is 1.21. The molecule has 2 aromatic carbocycles. The first-order chi connectivity index (χ1) is 18.1. The highest BCUT2D eigenvalue weighted by molar-refractivity contribution is 7.80. The van der Waals surface area contributed by atoms with Crippen LogP contribution in [0.5, 0.6) is 5.75 Å². The van der Waals surface area contributed by atoms with Crippen molar-refractivity contribution < 1.29 is 13.9 Å². The van der Waals surface area contributed by atoms with Gasteiger partial charge in [0.25, 0.3) is 5.91 Å². The molecule has 1 aliphatic rings. The Kier molecular flexibility index (Phi) is 7.82. The van der Waals surface area contributed by atoms with Gasteiger partial charge in [-0.25, -0.2) is 4.98 Å². The summed E-state index contributed by atoms with van der Waals surface area (Å²) in [6.45, 7) is 2.27. The molecule has 0 aliphatic carbocycles. The van der Waals surface area contributed by atoms with E-state index in [2.05, 4.69) is 15.5 Å². The van der Waals surface area contributed by atoms with Crippen molar-refractivity contribution in [3.8, 4) is 16.9 Å². The van der Waals surface area contributed by atoms with Crippen LogP contribution in [0.3, 0.4) is 0 Å². The van der Waals surface area contributed by atoms with Gasteiger partial charge in [-0.1, -0.05) is 30.3 Å². The molecule has 2 N–H and O–H groups in total. The SMILES string of the molecule is COc1ccc(-c2ccccc2)c(NC(=O)c2csc(C3CCN(C(=S)NCc4ccco4)CC3)n2)c1. The van der Waals surface area contributed by atoms with Crippen LogP contribution in [0.15, 0.2) is 76.7 Å². The molecule has 2 aromatic heterocycles. The smallest absolute Gasteiger partial charge is 0.275 e. The van der Waals surface area contributed by atoms with Crippen molar-refractivity contribution in [2.75, 3.05) is 25.5 Å². The molecule has 0 atom stereocenters. The van der Waals surface area contributed by atoms with E-state index >= 15 is 0 Å². The number of carbonyl (C=O) groups is 1. The van der Waals surface area contributed by atoms with Crippen LogP contribution in [-0.4, -0.2) is 41.1 Å². The fourth-order valence-corrected chi connectivity index (χ4v) is 5.63. The van der Waals surface area contributed by atoms with Crippen LogP contribution in [0.1, 0.15) is 40.0 Å². The molecule has 4 aromatic rings. The lowest BCUT2D eigenvalue weighted by Gasteiger charge is -2.33. The normalized spacial score (nSPS) is 13.8. The highest BCUT2D eigenvalue weighted by Gasteiger charge is 2.25. The lowest BCUT2D eigenvalue weighted by molar-refractivity contribution is 0.102. The van der Waals surface area contributed by atoms with Gasteiger partial charge in [0.15, 0.2) is 5.11 Å². The molecule has 0 radical (unpaired) electrons. The van der Waals surface area contributed by atoms with Gasteiger partial charge < -0.3 is 24.7 Å². The first kappa shape index (κ1) is 25.0. The van der Waals surface area contributed by atoms with E-state index in [1.807, 2.05) is 66.0 Å². The molecule has 7 nitrogen and oxygen atoms in total. The summed E-state index contributed by atoms with van der Waals surface area (Å²) < 4.78 is 10.7. The number of furan rings is 1. The number of amides is 1. The second-order valence-electron chi connectivity index (χ2n) is 8.80. The van der Waals surface area contributed by atoms with Crippen molar-refractivity contribution in [1.82, 2.24) is 15.2 Å². The highest BCUT2D eigenvalue weighted by Crippen LogP contribution is 2.33. The maximum atomic E-state index is 13.2. The fraction of sp³-hybridized carbons (Fsp3) is 0.250. The summed E-state index contributed by atoms with van der Waals surface area (Å²) in [5, 5.41) is 9.89. The molecule has 1 saturated heterocycles. The molecule has 9 heteroatoms. The number of thiocarbonyl (C=S) groups is 1. The van der Waals surface area contributed by atoms with Gasteiger partial charge in [0.05, 0.1) is 30.6 Å². The number of nitrogens with one attached hydrogen (secondary N) is 2. The zero-order valence-corrected chi connectivity index (χ0v) is 22.1. The van der Waals surface area contributed by atoms with E-state index in [0.29, 0.717) is 29.6 Å². The quantitative estimate of drug-likeness (QED) is 0.286. The van der Waals surface area contributed by atoms with Crippen LogP contribution in [-0.2, 0) is 6.54 Å². The average Bonchev–Trinajstić information content (AvgIpc) is 3.65. The van der Waals surface area contributed by atoms with Gasteiger partial charge in [-0.05, 0) is 54.9 Å². The third-order valence-corrected chi connectivity index (χ3v) is 7.85. The van der Waals surface area contributed by atoms with Crippen molar-refractivity contribution in [2.45, 2.75) is 25.3 Å². The molecule has 5 rings (SSSR count). The number of carbonyl (C=O) groups excluding carboxylic acids is 1. The number of ether oxygens (including phenoxy) is 1. The largest absolute Gasteiger partial charge is 0.497 e. The topological polar surface area (TPSA) is 79.6 Å². The van der Waals surface area contributed by atoms with Crippen LogP contribution >= 0.6 is 23.6 Å². The average molecular weight is 533 g/mol. The Morgan fingerprint density at radius 1 is 1.16 bits per heavy atom. The number of anilines is 1. The summed E-state index contributed by atoms with van der Waals surface area (Å²) in [4.78, 5) is 20.1. The van der Waals surface area contributed by atoms with Gasteiger partial charge in [-0.2, -0.15) is 0 Å². The van der Waals surface area contributed by atoms with Crippen LogP contribution < -0.4 is 15.4 Å². The fourth-order valence-electron chi connectivity index (χ4n) is 4.41. The van der Waals surface area contributed by atoms with E-state index < -0.39 is 0 Å². The number of piperidine rings is 1. The molecule has 1 aliphatic heterocycles. The second-order valence-corrected chi connectivity index (χ2v) is 10.1. The zero-order valence-electron chi connectivity index (χ0n) is 20.5. The number of hydrogen-bond donors (Lipinski definition) is 2. The first-order valence-electron chi connectivity index (χ1n) is 12.2. The molecule has 3 heterocycles. The number of thiazole rings is 1. The molecule has 1 fully saturated rings. The molecular formula is C28H28N4O3S2. The van der Waals surface area contributed by atoms with Crippen molar-refractivity contribution in [1.29, 1.82) is 0 Å². The summed E-state index contributed by atoms with van der Waals surface area (Å²) in [6, 6.07) is 19.4. The number of nitrogens with zero attached hydrogens (tertiary/aromatic N) is 2. The predicted octanol–water partition coefficient (Wildman–Crippen LogP) is 5.92. The van der Waals surface area contributed by atoms with E-state index in [1.165, 1.54) is 0 Å². The molecule has 0 saturated carbocycles. The Hall–Kier alpha value is -3.69. The van der Waals surface area contributed by atoms with E-state index in [4.69, 9.17) is 26.4 Å². The molecule has 0 spiro atoms. The number of likely N-dealkylation sites (tertiary alicyclic amines) is 1. The highest BCUT2D eigenvalue weighted by atomic mass is 32.1. The second kappa shape index (κ2) is 11.6. The minimum absolute atomic E-state index is 0.228. The van der Waals surface area contributed by atoms with E-state index in [1.54, 1.807) is 24.7 Å². The third kappa shape index (κ3) is 6.00. The lowest BCUT2D eigenvalue weighted by atomic mass is 9.98. The Labute approximate surface area is 225 Å². The summed E-state index contributed by atoms with van der Waals surface area (Å²) >= 11 is 7.11. The van der Waals surface area contributed by atoms with E-state index in [0.717, 1.165) is 52.9 Å². The van der Waals surface area contributed by atoms with Gasteiger partial charge in [-0.15, -0.1) is 11.3 Å². The lowest BCUT2D eigenvalue weighted by Crippen LogP contribution is -2.43. The Morgan fingerprint density at radius 3 is 2.70 bits per heavy atom. The van der Waals surface area contributed by atoms with Gasteiger partial charge in [-0.3, -0.25) is 4.79 Å². The molecule has 37 heavy (non-hydrogen) atoms. The summed E-state index contributed by atoms with van der Waals surface area (Å²) in [6.07, 6.45) is 3.53. The van der Waals surface area contributed by atoms with Crippen LogP contribution in [0.4, 0.5) is 5.69 Å². The van der Waals surface area contributed by atoms with Gasteiger partial charge in [0.2, 0.25) is 0 Å². The number of hydrogen-bond acceptors (Lipinski definition) is 6. The van der Waals surface area contributed by atoms with Crippen molar-refractivity contribution in [2.24, 2.45) is 0 Å². The van der Waals surface area contributed by atoms with E-state index in [9.17, 15) is 4.79 Å². The van der Waals surface area contributed by atoms with Crippen molar-refractivity contribution >= 4 is 40.3 Å². The first-order valence-corrected chi connectivity index (χ1v) is 13.4. The van der Waals surface area contributed by atoms with Crippen molar-refractivity contribution in [3.63, 3.8) is 0 Å². The summed E-state index contributed by atoms with van der Waals surface area (Å²) in [5.41, 5.74) is 3.06. The zero-order chi connectivity index (χ0) is 25.6. The van der Waals surface area contributed by atoms with Gasteiger partial charge >= 0.3 is 0 Å². The van der Waals surface area contributed by atoms with Crippen LogP contribution in [0, 0.1) is 0 Å². The maximum absolute atomic E-state index is 13.2. The molecule has 1 amide bonds. The van der Waals surface area contributed by atoms with Crippen molar-refractivity contribution in [3.05, 3.63) is 88.8 Å². The van der Waals surface area contributed by atoms with E-state index in [-0.39, 0.29) is 5.91 Å². The summed E-state index contributed by atoms with van der Waals surface area (Å²) in [5.74, 6) is 1.62. The van der Waals surface area contributed by atoms with Crippen LogP contribution in [0.2, 0.25) is 0 Å². The van der Waals surface area contributed by atoms with Gasteiger partial charge in [0, 0.05) is 36.0 Å². The Bertz CT molecular complexity index is 1350. The monoisotopic (exact) mass is 532 g/mol.